The van der Waals surface area contributed by atoms with Gasteiger partial charge >= 0.3 is 5.97 Å². The van der Waals surface area contributed by atoms with Crippen molar-refractivity contribution in [3.63, 3.8) is 0 Å². The zero-order chi connectivity index (χ0) is 26.9. The monoisotopic (exact) mass is 511 g/mol. The van der Waals surface area contributed by atoms with Gasteiger partial charge in [-0.15, -0.1) is 0 Å². The van der Waals surface area contributed by atoms with Crippen LogP contribution in [0.5, 0.6) is 11.5 Å². The lowest BCUT2D eigenvalue weighted by Gasteiger charge is -2.11. The molecule has 38 heavy (non-hydrogen) atoms. The predicted octanol–water partition coefficient (Wildman–Crippen LogP) is 5.22. The molecule has 192 valence electrons. The van der Waals surface area contributed by atoms with Crippen LogP contribution in [-0.4, -0.2) is 30.6 Å². The summed E-state index contributed by atoms with van der Waals surface area (Å²) in [5.74, 6) is -0.877. The number of benzene rings is 3. The minimum absolute atomic E-state index is 0.0659. The number of hydrogen-bond acceptors (Lipinski definition) is 7. The van der Waals surface area contributed by atoms with Crippen molar-refractivity contribution in [2.24, 2.45) is 5.10 Å². The third kappa shape index (κ3) is 6.52. The molecule has 0 atom stereocenters. The van der Waals surface area contributed by atoms with Crippen LogP contribution in [0.1, 0.15) is 49.3 Å². The van der Waals surface area contributed by atoms with Gasteiger partial charge in [0.25, 0.3) is 11.8 Å². The minimum atomic E-state index is -0.655. The molecule has 0 saturated heterocycles. The van der Waals surface area contributed by atoms with Crippen LogP contribution in [0.15, 0.2) is 94.6 Å². The molecule has 1 heterocycles. The first kappa shape index (κ1) is 25.9. The molecule has 4 rings (SSSR count). The van der Waals surface area contributed by atoms with Crippen LogP contribution < -0.4 is 20.2 Å². The second-order valence-electron chi connectivity index (χ2n) is 8.07. The molecule has 0 aliphatic rings. The van der Waals surface area contributed by atoms with Crippen molar-refractivity contribution in [3.8, 4) is 11.5 Å². The molecule has 0 aliphatic carbocycles. The first-order chi connectivity index (χ1) is 18.4. The highest BCUT2D eigenvalue weighted by Gasteiger charge is 2.16. The number of carbonyl (C=O) groups is 3. The van der Waals surface area contributed by atoms with Crippen LogP contribution in [0, 0.1) is 6.92 Å². The van der Waals surface area contributed by atoms with E-state index in [-0.39, 0.29) is 23.0 Å². The van der Waals surface area contributed by atoms with Gasteiger partial charge in [-0.3, -0.25) is 9.59 Å². The third-order valence-corrected chi connectivity index (χ3v) is 5.27. The number of furan rings is 1. The van der Waals surface area contributed by atoms with Gasteiger partial charge in [-0.25, -0.2) is 10.2 Å². The fourth-order valence-electron chi connectivity index (χ4n) is 3.50. The molecule has 4 aromatic rings. The Labute approximate surface area is 219 Å². The van der Waals surface area contributed by atoms with Crippen LogP contribution in [-0.2, 0) is 0 Å². The van der Waals surface area contributed by atoms with Gasteiger partial charge in [-0.05, 0) is 74.0 Å². The SMILES string of the molecule is CCOc1cc(/C=N\NC(=O)c2ccccc2NC(=O)c2cccc(C)c2)ccc1OC(=O)c1ccco1. The normalized spacial score (nSPS) is 10.7. The quantitative estimate of drug-likeness (QED) is 0.138. The van der Waals surface area contributed by atoms with Gasteiger partial charge in [0.15, 0.2) is 11.5 Å². The van der Waals surface area contributed by atoms with E-state index in [1.54, 1.807) is 73.7 Å². The Kier molecular flexibility index (Phi) is 8.30. The van der Waals surface area contributed by atoms with Gasteiger partial charge in [0.1, 0.15) is 0 Å². The topological polar surface area (TPSA) is 119 Å². The van der Waals surface area contributed by atoms with Crippen molar-refractivity contribution >= 4 is 29.7 Å². The van der Waals surface area contributed by atoms with E-state index in [0.29, 0.717) is 29.2 Å². The maximum Gasteiger partial charge on any atom is 0.379 e. The number of aryl methyl sites for hydroxylation is 1. The Morgan fingerprint density at radius 3 is 2.53 bits per heavy atom. The summed E-state index contributed by atoms with van der Waals surface area (Å²) in [5.41, 5.74) is 5.10. The molecule has 2 amide bonds. The second-order valence-corrected chi connectivity index (χ2v) is 8.07. The maximum absolute atomic E-state index is 12.8. The van der Waals surface area contributed by atoms with E-state index < -0.39 is 11.9 Å². The molecule has 0 saturated carbocycles. The second kappa shape index (κ2) is 12.2. The van der Waals surface area contributed by atoms with E-state index in [1.807, 2.05) is 13.0 Å². The van der Waals surface area contributed by atoms with Crippen LogP contribution in [0.25, 0.3) is 0 Å². The smallest absolute Gasteiger partial charge is 0.379 e. The number of nitrogens with one attached hydrogen (secondary N) is 2. The zero-order valence-electron chi connectivity index (χ0n) is 20.8. The van der Waals surface area contributed by atoms with Gasteiger partial charge in [-0.2, -0.15) is 5.10 Å². The number of hydrogen-bond donors (Lipinski definition) is 2. The Hall–Kier alpha value is -5.18. The third-order valence-electron chi connectivity index (χ3n) is 5.27. The van der Waals surface area contributed by atoms with Crippen LogP contribution >= 0.6 is 0 Å². The van der Waals surface area contributed by atoms with Crippen molar-refractivity contribution < 1.29 is 28.3 Å². The van der Waals surface area contributed by atoms with Gasteiger partial charge in [0.2, 0.25) is 5.76 Å². The van der Waals surface area contributed by atoms with E-state index >= 15 is 0 Å². The highest BCUT2D eigenvalue weighted by Crippen LogP contribution is 2.29. The molecule has 0 aliphatic heterocycles. The number of ether oxygens (including phenoxy) is 2. The summed E-state index contributed by atoms with van der Waals surface area (Å²) in [5, 5.41) is 6.80. The zero-order valence-corrected chi connectivity index (χ0v) is 20.8. The highest BCUT2D eigenvalue weighted by molar-refractivity contribution is 6.09. The molecule has 0 fully saturated rings. The lowest BCUT2D eigenvalue weighted by Crippen LogP contribution is -2.21. The number of para-hydroxylation sites is 1. The Bertz CT molecular complexity index is 1480. The Morgan fingerprint density at radius 1 is 0.921 bits per heavy atom. The van der Waals surface area contributed by atoms with Gasteiger partial charge < -0.3 is 19.2 Å². The van der Waals surface area contributed by atoms with Crippen LogP contribution in [0.3, 0.4) is 0 Å². The van der Waals surface area contributed by atoms with E-state index in [2.05, 4.69) is 15.8 Å². The van der Waals surface area contributed by atoms with E-state index in [0.717, 1.165) is 5.56 Å². The molecule has 1 aromatic heterocycles. The number of carbonyl (C=O) groups excluding carboxylic acids is 3. The molecule has 0 bridgehead atoms. The number of anilines is 1. The Morgan fingerprint density at radius 2 is 1.76 bits per heavy atom. The maximum atomic E-state index is 12.8. The molecule has 3 aromatic carbocycles. The van der Waals surface area contributed by atoms with Crippen LogP contribution in [0.4, 0.5) is 5.69 Å². The molecule has 0 spiro atoms. The summed E-state index contributed by atoms with van der Waals surface area (Å²) >= 11 is 0. The molecule has 9 nitrogen and oxygen atoms in total. The fourth-order valence-corrected chi connectivity index (χ4v) is 3.50. The predicted molar refractivity (Wildman–Crippen MR) is 142 cm³/mol. The summed E-state index contributed by atoms with van der Waals surface area (Å²) in [7, 11) is 0. The molecule has 9 heteroatoms. The largest absolute Gasteiger partial charge is 0.490 e. The number of esters is 1. The molecular weight excluding hydrogens is 486 g/mol. The van der Waals surface area contributed by atoms with Gasteiger partial charge in [-0.1, -0.05) is 29.8 Å². The van der Waals surface area contributed by atoms with Crippen LogP contribution in [0.2, 0.25) is 0 Å². The standard InChI is InChI=1S/C29H25N3O6/c1-3-36-26-17-20(13-14-24(26)38-29(35)25-12-7-15-37-25)18-30-32-28(34)22-10-4-5-11-23(22)31-27(33)21-9-6-8-19(2)16-21/h4-18H,3H2,1-2H3,(H,31,33)(H,32,34)/b30-18-. The minimum Gasteiger partial charge on any atom is -0.490 e. The molecule has 0 unspecified atom stereocenters. The van der Waals surface area contributed by atoms with E-state index in [4.69, 9.17) is 13.9 Å². The van der Waals surface area contributed by atoms with Crippen molar-refractivity contribution in [2.45, 2.75) is 13.8 Å². The first-order valence-electron chi connectivity index (χ1n) is 11.8. The fraction of sp³-hybridized carbons (Fsp3) is 0.103. The Balaban J connectivity index is 1.44. The molecular formula is C29H25N3O6. The van der Waals surface area contributed by atoms with Crippen molar-refractivity contribution in [3.05, 3.63) is 113 Å². The summed E-state index contributed by atoms with van der Waals surface area (Å²) in [6.07, 6.45) is 2.80. The summed E-state index contributed by atoms with van der Waals surface area (Å²) in [6.45, 7) is 4.04. The average Bonchev–Trinajstić information content (AvgIpc) is 3.46. The molecule has 2 N–H and O–H groups in total. The van der Waals surface area contributed by atoms with Gasteiger partial charge in [0, 0.05) is 5.56 Å². The van der Waals surface area contributed by atoms with E-state index in [9.17, 15) is 14.4 Å². The van der Waals surface area contributed by atoms with Crippen molar-refractivity contribution in [2.75, 3.05) is 11.9 Å². The van der Waals surface area contributed by atoms with E-state index in [1.165, 1.54) is 18.5 Å². The number of hydrazone groups is 1. The highest BCUT2D eigenvalue weighted by atomic mass is 16.6. The van der Waals surface area contributed by atoms with Crippen molar-refractivity contribution in [1.82, 2.24) is 5.43 Å². The van der Waals surface area contributed by atoms with Gasteiger partial charge in [0.05, 0.1) is 30.3 Å². The number of rotatable bonds is 9. The number of amides is 2. The average molecular weight is 512 g/mol. The lowest BCUT2D eigenvalue weighted by molar-refractivity contribution is 0.0694. The lowest BCUT2D eigenvalue weighted by atomic mass is 10.1. The summed E-state index contributed by atoms with van der Waals surface area (Å²) in [6, 6.07) is 21.7. The first-order valence-corrected chi connectivity index (χ1v) is 11.8. The van der Waals surface area contributed by atoms with Crippen molar-refractivity contribution in [1.29, 1.82) is 0 Å². The number of nitrogens with zero attached hydrogens (tertiary/aromatic N) is 1. The summed E-state index contributed by atoms with van der Waals surface area (Å²) in [4.78, 5) is 37.7. The summed E-state index contributed by atoms with van der Waals surface area (Å²) < 4.78 is 16.0. The molecule has 0 radical (unpaired) electrons.